The van der Waals surface area contributed by atoms with E-state index in [-0.39, 0.29) is 6.10 Å². The molecule has 0 fully saturated rings. The molecule has 6 heteroatoms. The number of fused-ring (bicyclic) bond motifs is 1. The van der Waals surface area contributed by atoms with Crippen molar-refractivity contribution in [1.29, 1.82) is 0 Å². The Balaban J connectivity index is 1.53. The number of hydrogen-bond acceptors (Lipinski definition) is 4. The van der Waals surface area contributed by atoms with Crippen LogP contribution in [0.3, 0.4) is 0 Å². The van der Waals surface area contributed by atoms with Crippen LogP contribution in [0.25, 0.3) is 0 Å². The van der Waals surface area contributed by atoms with Gasteiger partial charge in [-0.1, -0.05) is 12.1 Å². The lowest BCUT2D eigenvalue weighted by Crippen LogP contribution is -2.43. The Hall–Kier alpha value is -2.47. The zero-order valence-electron chi connectivity index (χ0n) is 14.4. The highest BCUT2D eigenvalue weighted by Gasteiger charge is 2.22. The topological polar surface area (TPSA) is 43.0 Å². The second-order valence-electron chi connectivity index (χ2n) is 5.77. The number of hydrogen-bond donors (Lipinski definition) is 1. The molecule has 0 saturated heterocycles. The van der Waals surface area contributed by atoms with Crippen LogP contribution in [-0.2, 0) is 0 Å². The summed E-state index contributed by atoms with van der Waals surface area (Å²) in [4.78, 5) is 1.95. The van der Waals surface area contributed by atoms with Crippen LogP contribution in [0.4, 0.5) is 5.69 Å². The molecule has 5 nitrogen and oxygen atoms in total. The zero-order valence-corrected chi connectivity index (χ0v) is 15.2. The average molecular weight is 358 g/mol. The summed E-state index contributed by atoms with van der Waals surface area (Å²) < 4.78 is 17.2. The van der Waals surface area contributed by atoms with E-state index in [1.165, 1.54) is 0 Å². The fourth-order valence-corrected chi connectivity index (χ4v) is 2.75. The second kappa shape index (κ2) is 8.07. The van der Waals surface area contributed by atoms with Crippen molar-refractivity contribution in [2.75, 3.05) is 32.1 Å². The van der Waals surface area contributed by atoms with Crippen LogP contribution in [-0.4, -0.2) is 42.9 Å². The standard InChI is InChI=1S/C19H22N2O3S/c1-3-22-15-10-8-14(9-11-15)20-19(25)21(2)12-16-13-23-17-6-4-5-7-18(17)24-16/h4-11,16H,3,12-13H2,1-2H3,(H,20,25). The van der Waals surface area contributed by atoms with Crippen LogP contribution in [0.1, 0.15) is 6.92 Å². The molecule has 1 unspecified atom stereocenters. The maximum atomic E-state index is 5.97. The molecule has 2 aromatic rings. The number of benzene rings is 2. The molecule has 2 aromatic carbocycles. The van der Waals surface area contributed by atoms with E-state index in [1.54, 1.807) is 0 Å². The highest BCUT2D eigenvalue weighted by atomic mass is 32.1. The quantitative estimate of drug-likeness (QED) is 0.825. The average Bonchev–Trinajstić information content (AvgIpc) is 2.63. The van der Waals surface area contributed by atoms with Crippen molar-refractivity contribution >= 4 is 23.0 Å². The molecule has 0 bridgehead atoms. The van der Waals surface area contributed by atoms with E-state index in [2.05, 4.69) is 5.32 Å². The Morgan fingerprint density at radius 3 is 2.64 bits per heavy atom. The Morgan fingerprint density at radius 1 is 1.20 bits per heavy atom. The summed E-state index contributed by atoms with van der Waals surface area (Å²) in [5.74, 6) is 2.41. The van der Waals surface area contributed by atoms with Gasteiger partial charge >= 0.3 is 0 Å². The van der Waals surface area contributed by atoms with Crippen molar-refractivity contribution in [2.45, 2.75) is 13.0 Å². The number of ether oxygens (including phenoxy) is 3. The summed E-state index contributed by atoms with van der Waals surface area (Å²) in [6.07, 6.45) is -0.0695. The summed E-state index contributed by atoms with van der Waals surface area (Å²) >= 11 is 5.48. The van der Waals surface area contributed by atoms with E-state index >= 15 is 0 Å². The van der Waals surface area contributed by atoms with E-state index in [0.717, 1.165) is 22.9 Å². The van der Waals surface area contributed by atoms with E-state index in [9.17, 15) is 0 Å². The van der Waals surface area contributed by atoms with Crippen molar-refractivity contribution in [3.05, 3.63) is 48.5 Å². The predicted octanol–water partition coefficient (Wildman–Crippen LogP) is 3.55. The predicted molar refractivity (Wildman–Crippen MR) is 103 cm³/mol. The fraction of sp³-hybridized carbons (Fsp3) is 0.316. The number of thiocarbonyl (C=S) groups is 1. The van der Waals surface area contributed by atoms with Crippen LogP contribution < -0.4 is 19.5 Å². The summed E-state index contributed by atoms with van der Waals surface area (Å²) in [6.45, 7) is 3.76. The van der Waals surface area contributed by atoms with Gasteiger partial charge in [0.1, 0.15) is 12.4 Å². The van der Waals surface area contributed by atoms with Crippen LogP contribution in [0.2, 0.25) is 0 Å². The van der Waals surface area contributed by atoms with Gasteiger partial charge in [-0.05, 0) is 55.5 Å². The molecule has 0 aromatic heterocycles. The first-order valence-corrected chi connectivity index (χ1v) is 8.70. The lowest BCUT2D eigenvalue weighted by atomic mass is 10.2. The van der Waals surface area contributed by atoms with Gasteiger partial charge in [0, 0.05) is 12.7 Å². The first kappa shape index (κ1) is 17.4. The third-order valence-corrected chi connectivity index (χ3v) is 4.22. The Labute approximate surface area is 153 Å². The molecule has 0 aliphatic carbocycles. The Bertz CT molecular complexity index is 721. The number of nitrogens with one attached hydrogen (secondary N) is 1. The first-order valence-electron chi connectivity index (χ1n) is 8.29. The van der Waals surface area contributed by atoms with Crippen molar-refractivity contribution in [2.24, 2.45) is 0 Å². The van der Waals surface area contributed by atoms with Gasteiger partial charge in [0.05, 0.1) is 13.2 Å². The molecule has 1 N–H and O–H groups in total. The number of likely N-dealkylation sites (N-methyl/N-ethyl adjacent to an activating group) is 1. The smallest absolute Gasteiger partial charge is 0.173 e. The number of rotatable bonds is 5. The van der Waals surface area contributed by atoms with E-state index in [4.69, 9.17) is 26.4 Å². The molecule has 1 aliphatic heterocycles. The monoisotopic (exact) mass is 358 g/mol. The van der Waals surface area contributed by atoms with Gasteiger partial charge in [0.15, 0.2) is 22.7 Å². The van der Waals surface area contributed by atoms with Crippen LogP contribution >= 0.6 is 12.2 Å². The van der Waals surface area contributed by atoms with E-state index < -0.39 is 0 Å². The minimum absolute atomic E-state index is 0.0695. The minimum Gasteiger partial charge on any atom is -0.494 e. The van der Waals surface area contributed by atoms with E-state index in [0.29, 0.717) is 24.9 Å². The fourth-order valence-electron chi connectivity index (χ4n) is 2.56. The molecule has 0 saturated carbocycles. The van der Waals surface area contributed by atoms with Gasteiger partial charge in [-0.15, -0.1) is 0 Å². The molecule has 132 valence electrons. The lowest BCUT2D eigenvalue weighted by molar-refractivity contribution is 0.0784. The SMILES string of the molecule is CCOc1ccc(NC(=S)N(C)CC2COc3ccccc3O2)cc1. The molecule has 0 amide bonds. The maximum Gasteiger partial charge on any atom is 0.173 e. The molecular formula is C19H22N2O3S. The van der Waals surface area contributed by atoms with Crippen LogP contribution in [0, 0.1) is 0 Å². The molecule has 25 heavy (non-hydrogen) atoms. The molecular weight excluding hydrogens is 336 g/mol. The highest BCUT2D eigenvalue weighted by Crippen LogP contribution is 2.31. The summed E-state index contributed by atoms with van der Waals surface area (Å²) in [6, 6.07) is 15.4. The summed E-state index contributed by atoms with van der Waals surface area (Å²) in [5.41, 5.74) is 0.923. The lowest BCUT2D eigenvalue weighted by Gasteiger charge is -2.30. The van der Waals surface area contributed by atoms with Crippen molar-refractivity contribution in [3.63, 3.8) is 0 Å². The Morgan fingerprint density at radius 2 is 1.92 bits per heavy atom. The van der Waals surface area contributed by atoms with Gasteiger partial charge < -0.3 is 24.4 Å². The van der Waals surface area contributed by atoms with Crippen LogP contribution in [0.15, 0.2) is 48.5 Å². The van der Waals surface area contributed by atoms with Gasteiger partial charge in [-0.2, -0.15) is 0 Å². The highest BCUT2D eigenvalue weighted by molar-refractivity contribution is 7.80. The molecule has 1 aliphatic rings. The van der Waals surface area contributed by atoms with Gasteiger partial charge in [-0.3, -0.25) is 0 Å². The number of anilines is 1. The van der Waals surface area contributed by atoms with Crippen molar-refractivity contribution in [1.82, 2.24) is 4.90 Å². The summed E-state index contributed by atoms with van der Waals surface area (Å²) in [7, 11) is 1.94. The maximum absolute atomic E-state index is 5.97. The normalized spacial score (nSPS) is 15.4. The van der Waals surface area contributed by atoms with Gasteiger partial charge in [-0.25, -0.2) is 0 Å². The van der Waals surface area contributed by atoms with Gasteiger partial charge in [0.2, 0.25) is 0 Å². The number of nitrogens with zero attached hydrogens (tertiary/aromatic N) is 1. The molecule has 3 rings (SSSR count). The molecule has 0 spiro atoms. The van der Waals surface area contributed by atoms with Crippen molar-refractivity contribution < 1.29 is 14.2 Å². The summed E-state index contributed by atoms with van der Waals surface area (Å²) in [5, 5.41) is 3.86. The zero-order chi connectivity index (χ0) is 17.6. The van der Waals surface area contributed by atoms with Crippen molar-refractivity contribution in [3.8, 4) is 17.2 Å². The Kier molecular flexibility index (Phi) is 5.60. The number of para-hydroxylation sites is 2. The second-order valence-corrected chi connectivity index (χ2v) is 6.15. The van der Waals surface area contributed by atoms with Gasteiger partial charge in [0.25, 0.3) is 0 Å². The van der Waals surface area contributed by atoms with Crippen LogP contribution in [0.5, 0.6) is 17.2 Å². The molecule has 1 atom stereocenters. The molecule has 1 heterocycles. The third kappa shape index (κ3) is 4.54. The molecule has 0 radical (unpaired) electrons. The third-order valence-electron chi connectivity index (χ3n) is 3.81. The van der Waals surface area contributed by atoms with E-state index in [1.807, 2.05) is 67.4 Å². The largest absolute Gasteiger partial charge is 0.494 e. The minimum atomic E-state index is -0.0695. The first-order chi connectivity index (χ1) is 12.2.